The van der Waals surface area contributed by atoms with Crippen molar-refractivity contribution in [3.63, 3.8) is 0 Å². The fraction of sp³-hybridized carbons (Fsp3) is 0.714. The van der Waals surface area contributed by atoms with Crippen LogP contribution in [-0.2, 0) is 20.7 Å². The maximum atomic E-state index is 11.5. The predicted octanol–water partition coefficient (Wildman–Crippen LogP) is 2.25. The van der Waals surface area contributed by atoms with Crippen molar-refractivity contribution in [1.29, 1.82) is 0 Å². The molecule has 1 aliphatic rings. The number of thiazole rings is 1. The third kappa shape index (κ3) is 3.70. The van der Waals surface area contributed by atoms with Gasteiger partial charge < -0.3 is 14.4 Å². The zero-order chi connectivity index (χ0) is 14.5. The molecular formula is C14H22N2O3S. The molecule has 2 rings (SSSR count). The Kier molecular flexibility index (Phi) is 5.37. The van der Waals surface area contributed by atoms with E-state index >= 15 is 0 Å². The normalized spacial score (nSPS) is 22.9. The molecule has 1 aliphatic heterocycles. The summed E-state index contributed by atoms with van der Waals surface area (Å²) < 4.78 is 10.6. The Balaban J connectivity index is 2.04. The minimum atomic E-state index is -0.216. The summed E-state index contributed by atoms with van der Waals surface area (Å²) in [6, 6.07) is 0.368. The Labute approximate surface area is 123 Å². The second kappa shape index (κ2) is 7.04. The van der Waals surface area contributed by atoms with E-state index in [1.54, 1.807) is 11.3 Å². The minimum absolute atomic E-state index is 0.216. The van der Waals surface area contributed by atoms with Gasteiger partial charge in [-0.3, -0.25) is 4.79 Å². The van der Waals surface area contributed by atoms with Crippen LogP contribution >= 0.6 is 11.3 Å². The average Bonchev–Trinajstić information content (AvgIpc) is 2.87. The predicted molar refractivity (Wildman–Crippen MR) is 79.3 cm³/mol. The first-order valence-electron chi connectivity index (χ1n) is 7.12. The number of hydrogen-bond donors (Lipinski definition) is 0. The van der Waals surface area contributed by atoms with Gasteiger partial charge in [0.1, 0.15) is 0 Å². The molecule has 20 heavy (non-hydrogen) atoms. The molecule has 112 valence electrons. The SMILES string of the molecule is CCOC(=O)Cc1csc(N2CC(C)OCC2CC)n1. The van der Waals surface area contributed by atoms with Crippen molar-refractivity contribution in [2.45, 2.75) is 45.8 Å². The molecule has 1 aromatic rings. The van der Waals surface area contributed by atoms with Crippen molar-refractivity contribution in [2.75, 3.05) is 24.7 Å². The molecule has 0 bridgehead atoms. The second-order valence-corrected chi connectivity index (χ2v) is 5.80. The van der Waals surface area contributed by atoms with Crippen LogP contribution in [0.15, 0.2) is 5.38 Å². The van der Waals surface area contributed by atoms with Crippen LogP contribution in [0.4, 0.5) is 5.13 Å². The summed E-state index contributed by atoms with van der Waals surface area (Å²) in [5.74, 6) is -0.216. The van der Waals surface area contributed by atoms with Gasteiger partial charge in [-0.15, -0.1) is 11.3 Å². The molecule has 0 spiro atoms. The van der Waals surface area contributed by atoms with Crippen molar-refractivity contribution < 1.29 is 14.3 Å². The third-order valence-electron chi connectivity index (χ3n) is 3.36. The van der Waals surface area contributed by atoms with Crippen LogP contribution in [0, 0.1) is 0 Å². The molecule has 2 atom stereocenters. The molecule has 0 saturated carbocycles. The minimum Gasteiger partial charge on any atom is -0.466 e. The topological polar surface area (TPSA) is 51.7 Å². The van der Waals surface area contributed by atoms with Crippen LogP contribution in [0.2, 0.25) is 0 Å². The summed E-state index contributed by atoms with van der Waals surface area (Å²) in [5.41, 5.74) is 0.789. The molecule has 6 heteroatoms. The number of ether oxygens (including phenoxy) is 2. The molecule has 0 amide bonds. The summed E-state index contributed by atoms with van der Waals surface area (Å²) in [4.78, 5) is 18.4. The summed E-state index contributed by atoms with van der Waals surface area (Å²) >= 11 is 1.59. The van der Waals surface area contributed by atoms with Gasteiger partial charge in [-0.2, -0.15) is 0 Å². The molecule has 1 aromatic heterocycles. The third-order valence-corrected chi connectivity index (χ3v) is 4.28. The Hall–Kier alpha value is -1.14. The van der Waals surface area contributed by atoms with Crippen molar-refractivity contribution in [3.05, 3.63) is 11.1 Å². The number of rotatable bonds is 5. The fourth-order valence-corrected chi connectivity index (χ4v) is 3.19. The van der Waals surface area contributed by atoms with E-state index in [1.165, 1.54) is 0 Å². The zero-order valence-corrected chi connectivity index (χ0v) is 13.1. The van der Waals surface area contributed by atoms with E-state index in [1.807, 2.05) is 12.3 Å². The van der Waals surface area contributed by atoms with E-state index in [-0.39, 0.29) is 18.5 Å². The molecular weight excluding hydrogens is 276 g/mol. The summed E-state index contributed by atoms with van der Waals surface area (Å²) in [5, 5.41) is 2.92. The Morgan fingerprint density at radius 1 is 1.60 bits per heavy atom. The summed E-state index contributed by atoms with van der Waals surface area (Å²) in [7, 11) is 0. The molecule has 0 aromatic carbocycles. The lowest BCUT2D eigenvalue weighted by atomic mass is 10.1. The highest BCUT2D eigenvalue weighted by Gasteiger charge is 2.27. The first kappa shape index (κ1) is 15.3. The van der Waals surface area contributed by atoms with Crippen LogP contribution in [0.3, 0.4) is 0 Å². The lowest BCUT2D eigenvalue weighted by molar-refractivity contribution is -0.142. The van der Waals surface area contributed by atoms with Gasteiger partial charge in [0.2, 0.25) is 0 Å². The van der Waals surface area contributed by atoms with Crippen molar-refractivity contribution in [1.82, 2.24) is 4.98 Å². The first-order chi connectivity index (χ1) is 9.63. The van der Waals surface area contributed by atoms with Crippen LogP contribution in [0.25, 0.3) is 0 Å². The molecule has 1 saturated heterocycles. The molecule has 2 unspecified atom stereocenters. The van der Waals surface area contributed by atoms with E-state index in [0.29, 0.717) is 12.6 Å². The van der Waals surface area contributed by atoms with E-state index in [2.05, 4.69) is 23.7 Å². The van der Waals surface area contributed by atoms with E-state index in [0.717, 1.165) is 30.4 Å². The highest BCUT2D eigenvalue weighted by atomic mass is 32.1. The highest BCUT2D eigenvalue weighted by Crippen LogP contribution is 2.27. The molecule has 0 radical (unpaired) electrons. The first-order valence-corrected chi connectivity index (χ1v) is 8.00. The van der Waals surface area contributed by atoms with E-state index in [9.17, 15) is 4.79 Å². The average molecular weight is 298 g/mol. The van der Waals surface area contributed by atoms with Crippen molar-refractivity contribution in [3.8, 4) is 0 Å². The maximum Gasteiger partial charge on any atom is 0.311 e. The highest BCUT2D eigenvalue weighted by molar-refractivity contribution is 7.13. The molecule has 0 N–H and O–H groups in total. The van der Waals surface area contributed by atoms with Gasteiger partial charge in [0, 0.05) is 11.9 Å². The monoisotopic (exact) mass is 298 g/mol. The number of aromatic nitrogens is 1. The standard InChI is InChI=1S/C14H22N2O3S/c1-4-12-8-19-10(3)7-16(12)14-15-11(9-20-14)6-13(17)18-5-2/h9-10,12H,4-8H2,1-3H3. The largest absolute Gasteiger partial charge is 0.466 e. The van der Waals surface area contributed by atoms with Crippen molar-refractivity contribution in [2.24, 2.45) is 0 Å². The second-order valence-electron chi connectivity index (χ2n) is 4.96. The zero-order valence-electron chi connectivity index (χ0n) is 12.3. The number of hydrogen-bond acceptors (Lipinski definition) is 6. The van der Waals surface area contributed by atoms with E-state index < -0.39 is 0 Å². The van der Waals surface area contributed by atoms with Crippen LogP contribution in [0.5, 0.6) is 0 Å². The van der Waals surface area contributed by atoms with Crippen molar-refractivity contribution >= 4 is 22.4 Å². The molecule has 0 aliphatic carbocycles. The van der Waals surface area contributed by atoms with Gasteiger partial charge in [-0.05, 0) is 20.3 Å². The van der Waals surface area contributed by atoms with E-state index in [4.69, 9.17) is 9.47 Å². The quantitative estimate of drug-likeness (QED) is 0.780. The van der Waals surface area contributed by atoms with Gasteiger partial charge in [0.25, 0.3) is 0 Å². The number of carbonyl (C=O) groups is 1. The molecule has 1 fully saturated rings. The Morgan fingerprint density at radius 3 is 3.10 bits per heavy atom. The maximum absolute atomic E-state index is 11.5. The summed E-state index contributed by atoms with van der Waals surface area (Å²) in [6.45, 7) is 8.05. The number of morpholine rings is 1. The van der Waals surface area contributed by atoms with Crippen LogP contribution in [-0.4, -0.2) is 42.9 Å². The molecule has 2 heterocycles. The van der Waals surface area contributed by atoms with Gasteiger partial charge in [-0.25, -0.2) is 4.98 Å². The van der Waals surface area contributed by atoms with Crippen LogP contribution in [0.1, 0.15) is 32.9 Å². The molecule has 5 nitrogen and oxygen atoms in total. The smallest absolute Gasteiger partial charge is 0.311 e. The van der Waals surface area contributed by atoms with Gasteiger partial charge in [0.15, 0.2) is 5.13 Å². The Morgan fingerprint density at radius 2 is 2.40 bits per heavy atom. The van der Waals surface area contributed by atoms with Gasteiger partial charge in [-0.1, -0.05) is 6.92 Å². The van der Waals surface area contributed by atoms with Gasteiger partial charge >= 0.3 is 5.97 Å². The number of carbonyl (C=O) groups excluding carboxylic acids is 1. The lowest BCUT2D eigenvalue weighted by Crippen LogP contribution is -2.48. The number of anilines is 1. The Bertz CT molecular complexity index is 449. The lowest BCUT2D eigenvalue weighted by Gasteiger charge is -2.38. The van der Waals surface area contributed by atoms with Crippen LogP contribution < -0.4 is 4.90 Å². The number of nitrogens with zero attached hydrogens (tertiary/aromatic N) is 2. The summed E-state index contributed by atoms with van der Waals surface area (Å²) in [6.07, 6.45) is 1.50. The fourth-order valence-electron chi connectivity index (χ4n) is 2.29. The number of esters is 1. The van der Waals surface area contributed by atoms with Gasteiger partial charge in [0.05, 0.1) is 37.5 Å².